The van der Waals surface area contributed by atoms with Gasteiger partial charge in [0, 0.05) is 23.0 Å². The molecule has 0 bridgehead atoms. The van der Waals surface area contributed by atoms with Crippen LogP contribution in [-0.2, 0) is 19.4 Å². The monoisotopic (exact) mass is 295 g/mol. The van der Waals surface area contributed by atoms with Crippen LogP contribution in [0.1, 0.15) is 35.0 Å². The number of nitrogens with one attached hydrogen (secondary N) is 1. The van der Waals surface area contributed by atoms with Crippen LogP contribution in [0.25, 0.3) is 22.3 Å². The van der Waals surface area contributed by atoms with Crippen molar-refractivity contribution in [1.82, 2.24) is 14.8 Å². The van der Waals surface area contributed by atoms with Crippen molar-refractivity contribution >= 4 is 16.9 Å². The largest absolute Gasteiger partial charge is 0.476 e. The second-order valence-corrected chi connectivity index (χ2v) is 5.67. The number of nitrogens with zero attached hydrogens (tertiary/aromatic N) is 2. The molecule has 0 amide bonds. The Morgan fingerprint density at radius 3 is 2.86 bits per heavy atom. The van der Waals surface area contributed by atoms with Crippen LogP contribution in [0, 0.1) is 0 Å². The van der Waals surface area contributed by atoms with E-state index in [1.165, 1.54) is 16.5 Å². The number of hydrogen-bond donors (Lipinski definition) is 2. The van der Waals surface area contributed by atoms with Gasteiger partial charge in [-0.3, -0.25) is 5.10 Å². The van der Waals surface area contributed by atoms with Gasteiger partial charge in [0.25, 0.3) is 0 Å². The molecule has 0 saturated heterocycles. The molecule has 22 heavy (non-hydrogen) atoms. The summed E-state index contributed by atoms with van der Waals surface area (Å²) in [6.45, 7) is 2.96. The molecule has 2 N–H and O–H groups in total. The molecule has 112 valence electrons. The van der Waals surface area contributed by atoms with Gasteiger partial charge in [-0.15, -0.1) is 0 Å². The Bertz CT molecular complexity index is 889. The number of aromatic nitrogens is 3. The van der Waals surface area contributed by atoms with Gasteiger partial charge < -0.3 is 9.67 Å². The van der Waals surface area contributed by atoms with E-state index in [1.54, 1.807) is 0 Å². The Kier molecular flexibility index (Phi) is 2.82. The van der Waals surface area contributed by atoms with Gasteiger partial charge in [-0.05, 0) is 37.8 Å². The average Bonchev–Trinajstić information content (AvgIpc) is 3.01. The van der Waals surface area contributed by atoms with E-state index in [-0.39, 0.29) is 5.69 Å². The first kappa shape index (κ1) is 13.1. The summed E-state index contributed by atoms with van der Waals surface area (Å²) < 4.78 is 2.26. The van der Waals surface area contributed by atoms with Gasteiger partial charge in [-0.2, -0.15) is 5.10 Å². The third-order valence-corrected chi connectivity index (χ3v) is 4.55. The maximum absolute atomic E-state index is 11.4. The summed E-state index contributed by atoms with van der Waals surface area (Å²) in [4.78, 5) is 11.4. The summed E-state index contributed by atoms with van der Waals surface area (Å²) in [7, 11) is 0. The third kappa shape index (κ3) is 1.65. The molecule has 4 rings (SSSR count). The van der Waals surface area contributed by atoms with Crippen LogP contribution in [0.15, 0.2) is 24.3 Å². The van der Waals surface area contributed by atoms with Crippen molar-refractivity contribution in [3.8, 4) is 11.4 Å². The molecule has 5 heteroatoms. The smallest absolute Gasteiger partial charge is 0.356 e. The van der Waals surface area contributed by atoms with Crippen LogP contribution in [0.5, 0.6) is 0 Å². The number of aromatic amines is 1. The Morgan fingerprint density at radius 2 is 2.09 bits per heavy atom. The fourth-order valence-electron chi connectivity index (χ4n) is 3.67. The highest BCUT2D eigenvalue weighted by Gasteiger charge is 2.27. The molecule has 1 aliphatic carbocycles. The maximum Gasteiger partial charge on any atom is 0.356 e. The van der Waals surface area contributed by atoms with Crippen molar-refractivity contribution in [3.63, 3.8) is 0 Å². The van der Waals surface area contributed by atoms with Crippen molar-refractivity contribution in [2.45, 2.75) is 32.7 Å². The summed E-state index contributed by atoms with van der Waals surface area (Å²) in [6.07, 6.45) is 2.65. The zero-order valence-electron chi connectivity index (χ0n) is 12.4. The molecule has 5 nitrogen and oxygen atoms in total. The molecule has 0 radical (unpaired) electrons. The van der Waals surface area contributed by atoms with Crippen LogP contribution in [-0.4, -0.2) is 25.8 Å². The van der Waals surface area contributed by atoms with E-state index >= 15 is 0 Å². The lowest BCUT2D eigenvalue weighted by Crippen LogP contribution is -2.02. The number of fused-ring (bicyclic) bond motifs is 5. The normalized spacial score (nSPS) is 13.7. The number of aromatic carboxylic acids is 1. The Balaban J connectivity index is 2.10. The number of H-pyrrole nitrogens is 1. The van der Waals surface area contributed by atoms with Crippen LogP contribution < -0.4 is 0 Å². The van der Waals surface area contributed by atoms with Gasteiger partial charge in [0.2, 0.25) is 0 Å². The number of carboxylic acid groups (broad SMARTS) is 1. The predicted molar refractivity (Wildman–Crippen MR) is 84.2 cm³/mol. The number of para-hydroxylation sites is 1. The second-order valence-electron chi connectivity index (χ2n) is 5.67. The fraction of sp³-hybridized carbons (Fsp3) is 0.294. The lowest BCUT2D eigenvalue weighted by molar-refractivity contribution is 0.0689. The van der Waals surface area contributed by atoms with E-state index in [9.17, 15) is 9.90 Å². The molecule has 2 aromatic heterocycles. The molecule has 0 saturated carbocycles. The summed E-state index contributed by atoms with van der Waals surface area (Å²) >= 11 is 0. The highest BCUT2D eigenvalue weighted by molar-refractivity contribution is 5.94. The highest BCUT2D eigenvalue weighted by Crippen LogP contribution is 2.38. The van der Waals surface area contributed by atoms with Gasteiger partial charge in [-0.1, -0.05) is 18.2 Å². The molecule has 0 fully saturated rings. The van der Waals surface area contributed by atoms with E-state index in [2.05, 4.69) is 39.9 Å². The fourth-order valence-corrected chi connectivity index (χ4v) is 3.67. The Labute approximate surface area is 127 Å². The highest BCUT2D eigenvalue weighted by atomic mass is 16.4. The second kappa shape index (κ2) is 4.73. The molecule has 0 spiro atoms. The van der Waals surface area contributed by atoms with Gasteiger partial charge in [0.1, 0.15) is 0 Å². The minimum atomic E-state index is -0.958. The van der Waals surface area contributed by atoms with Gasteiger partial charge in [-0.25, -0.2) is 4.79 Å². The summed E-state index contributed by atoms with van der Waals surface area (Å²) in [6, 6.07) is 8.38. The lowest BCUT2D eigenvalue weighted by Gasteiger charge is -2.08. The first-order chi connectivity index (χ1) is 10.7. The zero-order chi connectivity index (χ0) is 15.3. The van der Waals surface area contributed by atoms with E-state index in [0.29, 0.717) is 0 Å². The predicted octanol–water partition coefficient (Wildman–Crippen LogP) is 3.24. The van der Waals surface area contributed by atoms with E-state index < -0.39 is 5.97 Å². The molecule has 3 aromatic rings. The van der Waals surface area contributed by atoms with Gasteiger partial charge in [0.15, 0.2) is 5.69 Å². The molecule has 1 aromatic carbocycles. The lowest BCUT2D eigenvalue weighted by atomic mass is 10.1. The Morgan fingerprint density at radius 1 is 1.32 bits per heavy atom. The molecule has 2 heterocycles. The van der Waals surface area contributed by atoms with Crippen LogP contribution >= 0.6 is 0 Å². The number of rotatable bonds is 2. The summed E-state index contributed by atoms with van der Waals surface area (Å²) in [5.74, 6) is -0.958. The summed E-state index contributed by atoms with van der Waals surface area (Å²) in [5.41, 5.74) is 5.49. The topological polar surface area (TPSA) is 70.9 Å². The van der Waals surface area contributed by atoms with Crippen LogP contribution in [0.2, 0.25) is 0 Å². The average molecular weight is 295 g/mol. The third-order valence-electron chi connectivity index (χ3n) is 4.55. The quantitative estimate of drug-likeness (QED) is 0.762. The van der Waals surface area contributed by atoms with Crippen LogP contribution in [0.4, 0.5) is 0 Å². The minimum Gasteiger partial charge on any atom is -0.476 e. The molecule has 0 unspecified atom stereocenters. The standard InChI is InChI=1S/C17H17N3O2/c1-2-20-13-9-4-3-6-10(13)11-7-5-8-12-14(16(11)20)18-19-15(12)17(21)22/h3-4,6,9H,2,5,7-8H2,1H3,(H,18,19)(H,21,22). The Hall–Kier alpha value is -2.56. The van der Waals surface area contributed by atoms with E-state index in [1.807, 2.05) is 6.07 Å². The number of aryl methyl sites for hydroxylation is 2. The number of hydrogen-bond acceptors (Lipinski definition) is 2. The van der Waals surface area contributed by atoms with Crippen molar-refractivity contribution in [1.29, 1.82) is 0 Å². The van der Waals surface area contributed by atoms with Crippen LogP contribution in [0.3, 0.4) is 0 Å². The first-order valence-corrected chi connectivity index (χ1v) is 7.63. The molecular weight excluding hydrogens is 278 g/mol. The number of benzene rings is 1. The molecule has 0 aliphatic heterocycles. The molecular formula is C17H17N3O2. The number of carboxylic acids is 1. The van der Waals surface area contributed by atoms with Crippen molar-refractivity contribution < 1.29 is 9.90 Å². The number of carbonyl (C=O) groups is 1. The van der Waals surface area contributed by atoms with Crippen molar-refractivity contribution in [2.75, 3.05) is 0 Å². The van der Waals surface area contributed by atoms with E-state index in [4.69, 9.17) is 0 Å². The van der Waals surface area contributed by atoms with Crippen molar-refractivity contribution in [3.05, 3.63) is 41.1 Å². The van der Waals surface area contributed by atoms with E-state index in [0.717, 1.165) is 42.8 Å². The SMILES string of the molecule is CCn1c2c(c3ccccc31)CCCc1c(C(=O)O)n[nH]c1-2. The minimum absolute atomic E-state index is 0.163. The first-order valence-electron chi connectivity index (χ1n) is 7.63. The molecule has 0 atom stereocenters. The maximum atomic E-state index is 11.4. The summed E-state index contributed by atoms with van der Waals surface area (Å²) in [5, 5.41) is 17.6. The van der Waals surface area contributed by atoms with Gasteiger partial charge in [0.05, 0.1) is 11.4 Å². The van der Waals surface area contributed by atoms with Crippen molar-refractivity contribution in [2.24, 2.45) is 0 Å². The van der Waals surface area contributed by atoms with Gasteiger partial charge >= 0.3 is 5.97 Å². The zero-order valence-corrected chi connectivity index (χ0v) is 12.4. The molecule has 1 aliphatic rings.